The molecule has 164 valence electrons. The van der Waals surface area contributed by atoms with Gasteiger partial charge >= 0.3 is 5.97 Å². The summed E-state index contributed by atoms with van der Waals surface area (Å²) in [4.78, 5) is 11.6. The first kappa shape index (κ1) is 22.4. The number of para-hydroxylation sites is 1. The van der Waals surface area contributed by atoms with E-state index in [0.717, 1.165) is 30.0 Å². The van der Waals surface area contributed by atoms with Crippen molar-refractivity contribution in [3.63, 3.8) is 0 Å². The summed E-state index contributed by atoms with van der Waals surface area (Å²) in [7, 11) is 0. The zero-order valence-corrected chi connectivity index (χ0v) is 18.6. The second kappa shape index (κ2) is 10.2. The summed E-state index contributed by atoms with van der Waals surface area (Å²) in [5, 5.41) is 14.3. The van der Waals surface area contributed by atoms with Gasteiger partial charge in [-0.2, -0.15) is 5.10 Å². The summed E-state index contributed by atoms with van der Waals surface area (Å²) in [6.45, 7) is 10.1. The highest BCUT2D eigenvalue weighted by molar-refractivity contribution is 5.90. The number of carboxylic acid groups (broad SMARTS) is 1. The number of ether oxygens (including phenoxy) is 2. The SMILES string of the molecule is CCCOc1ccc(C(=O)O)cc1-c1cc(-c2ccccc2OCC)n(CC(C)C)n1. The second-order valence-corrected chi connectivity index (χ2v) is 7.78. The lowest BCUT2D eigenvalue weighted by Crippen LogP contribution is -2.08. The summed E-state index contributed by atoms with van der Waals surface area (Å²) in [5.74, 6) is 0.827. The van der Waals surface area contributed by atoms with Crippen LogP contribution in [0.5, 0.6) is 11.5 Å². The van der Waals surface area contributed by atoms with Gasteiger partial charge in [-0.05, 0) is 55.7 Å². The number of nitrogens with zero attached hydrogens (tertiary/aromatic N) is 2. The summed E-state index contributed by atoms with van der Waals surface area (Å²) in [6, 6.07) is 14.8. The maximum Gasteiger partial charge on any atom is 0.335 e. The van der Waals surface area contributed by atoms with E-state index in [-0.39, 0.29) is 5.56 Å². The van der Waals surface area contributed by atoms with Crippen LogP contribution in [0, 0.1) is 5.92 Å². The summed E-state index contributed by atoms with van der Waals surface area (Å²) in [6.07, 6.45) is 0.856. The number of carboxylic acids is 1. The molecule has 0 fully saturated rings. The van der Waals surface area contributed by atoms with Crippen molar-refractivity contribution in [1.82, 2.24) is 9.78 Å². The Morgan fingerprint density at radius 2 is 1.77 bits per heavy atom. The maximum absolute atomic E-state index is 11.6. The molecular weight excluding hydrogens is 392 g/mol. The molecule has 0 bridgehead atoms. The predicted molar refractivity (Wildman–Crippen MR) is 122 cm³/mol. The van der Waals surface area contributed by atoms with Gasteiger partial charge in [0, 0.05) is 17.7 Å². The van der Waals surface area contributed by atoms with Gasteiger partial charge in [0.25, 0.3) is 0 Å². The lowest BCUT2D eigenvalue weighted by Gasteiger charge is -2.13. The quantitative estimate of drug-likeness (QED) is 0.450. The molecule has 3 aromatic rings. The molecule has 2 aromatic carbocycles. The van der Waals surface area contributed by atoms with E-state index in [9.17, 15) is 9.90 Å². The average Bonchev–Trinajstić information content (AvgIpc) is 3.15. The molecule has 0 atom stereocenters. The number of aromatic carboxylic acids is 1. The Bertz CT molecular complexity index is 1040. The molecule has 1 aromatic heterocycles. The minimum Gasteiger partial charge on any atom is -0.493 e. The van der Waals surface area contributed by atoms with E-state index in [1.54, 1.807) is 18.2 Å². The zero-order chi connectivity index (χ0) is 22.4. The first-order valence-corrected chi connectivity index (χ1v) is 10.7. The van der Waals surface area contributed by atoms with Crippen LogP contribution in [0.3, 0.4) is 0 Å². The Labute approximate surface area is 183 Å². The topological polar surface area (TPSA) is 73.6 Å². The number of carbonyl (C=O) groups is 1. The third kappa shape index (κ3) is 5.26. The average molecular weight is 423 g/mol. The number of hydrogen-bond donors (Lipinski definition) is 1. The lowest BCUT2D eigenvalue weighted by molar-refractivity contribution is 0.0697. The molecule has 6 nitrogen and oxygen atoms in total. The number of aromatic nitrogens is 2. The van der Waals surface area contributed by atoms with Crippen molar-refractivity contribution in [3.05, 3.63) is 54.1 Å². The van der Waals surface area contributed by atoms with Crippen molar-refractivity contribution in [3.8, 4) is 34.0 Å². The van der Waals surface area contributed by atoms with Crippen LogP contribution in [0.15, 0.2) is 48.5 Å². The molecule has 31 heavy (non-hydrogen) atoms. The Hall–Kier alpha value is -3.28. The van der Waals surface area contributed by atoms with E-state index >= 15 is 0 Å². The lowest BCUT2D eigenvalue weighted by atomic mass is 10.0. The molecule has 1 N–H and O–H groups in total. The molecule has 0 saturated carbocycles. The molecule has 3 rings (SSSR count). The van der Waals surface area contributed by atoms with Crippen LogP contribution in [0.4, 0.5) is 0 Å². The predicted octanol–water partition coefficient (Wildman–Crippen LogP) is 5.76. The Morgan fingerprint density at radius 1 is 1.03 bits per heavy atom. The molecule has 0 aliphatic carbocycles. The fourth-order valence-electron chi connectivity index (χ4n) is 3.41. The summed E-state index contributed by atoms with van der Waals surface area (Å²) >= 11 is 0. The van der Waals surface area contributed by atoms with Crippen LogP contribution < -0.4 is 9.47 Å². The van der Waals surface area contributed by atoms with E-state index in [4.69, 9.17) is 14.6 Å². The number of hydrogen-bond acceptors (Lipinski definition) is 4. The van der Waals surface area contributed by atoms with Crippen LogP contribution >= 0.6 is 0 Å². The van der Waals surface area contributed by atoms with Gasteiger partial charge < -0.3 is 14.6 Å². The maximum atomic E-state index is 11.6. The number of benzene rings is 2. The first-order valence-electron chi connectivity index (χ1n) is 10.7. The normalized spacial score (nSPS) is 11.0. The van der Waals surface area contributed by atoms with Gasteiger partial charge in [-0.1, -0.05) is 32.9 Å². The number of rotatable bonds is 10. The van der Waals surface area contributed by atoms with E-state index in [2.05, 4.69) is 13.8 Å². The van der Waals surface area contributed by atoms with Crippen molar-refractivity contribution in [2.24, 2.45) is 5.92 Å². The van der Waals surface area contributed by atoms with Gasteiger partial charge in [0.05, 0.1) is 30.2 Å². The third-order valence-electron chi connectivity index (χ3n) is 4.75. The van der Waals surface area contributed by atoms with Crippen LogP contribution in [0.2, 0.25) is 0 Å². The molecule has 0 unspecified atom stereocenters. The van der Waals surface area contributed by atoms with E-state index < -0.39 is 5.97 Å². The molecule has 0 spiro atoms. The second-order valence-electron chi connectivity index (χ2n) is 7.78. The van der Waals surface area contributed by atoms with Gasteiger partial charge in [-0.25, -0.2) is 4.79 Å². The van der Waals surface area contributed by atoms with Crippen LogP contribution in [0.1, 0.15) is 44.5 Å². The largest absolute Gasteiger partial charge is 0.493 e. The standard InChI is InChI=1S/C25H30N2O4/c1-5-13-31-24-12-11-18(25(28)29)14-20(24)21-15-22(27(26-21)16-17(3)4)19-9-7-8-10-23(19)30-6-2/h7-12,14-15,17H,5-6,13,16H2,1-4H3,(H,28,29). The zero-order valence-electron chi connectivity index (χ0n) is 18.6. The molecule has 0 radical (unpaired) electrons. The molecular formula is C25H30N2O4. The van der Waals surface area contributed by atoms with E-state index in [1.165, 1.54) is 0 Å². The van der Waals surface area contributed by atoms with Crippen LogP contribution in [0.25, 0.3) is 22.5 Å². The molecule has 1 heterocycles. The molecule has 0 amide bonds. The van der Waals surface area contributed by atoms with Crippen molar-refractivity contribution in [2.45, 2.75) is 40.7 Å². The Morgan fingerprint density at radius 3 is 2.45 bits per heavy atom. The van der Waals surface area contributed by atoms with E-state index in [0.29, 0.717) is 36.1 Å². The summed E-state index contributed by atoms with van der Waals surface area (Å²) < 4.78 is 13.7. The minimum atomic E-state index is -0.980. The smallest absolute Gasteiger partial charge is 0.335 e. The fraction of sp³-hybridized carbons (Fsp3) is 0.360. The monoisotopic (exact) mass is 422 g/mol. The summed E-state index contributed by atoms with van der Waals surface area (Å²) in [5.41, 5.74) is 3.43. The highest BCUT2D eigenvalue weighted by Gasteiger charge is 2.19. The molecule has 6 heteroatoms. The minimum absolute atomic E-state index is 0.202. The van der Waals surface area contributed by atoms with Crippen molar-refractivity contribution >= 4 is 5.97 Å². The van der Waals surface area contributed by atoms with Gasteiger partial charge in [-0.15, -0.1) is 0 Å². The van der Waals surface area contributed by atoms with Crippen LogP contribution in [-0.2, 0) is 6.54 Å². The molecule has 0 aliphatic rings. The Balaban J connectivity index is 2.17. The fourth-order valence-corrected chi connectivity index (χ4v) is 3.41. The van der Waals surface area contributed by atoms with Crippen molar-refractivity contribution in [2.75, 3.05) is 13.2 Å². The van der Waals surface area contributed by atoms with Crippen molar-refractivity contribution < 1.29 is 19.4 Å². The van der Waals surface area contributed by atoms with Gasteiger partial charge in [0.1, 0.15) is 11.5 Å². The first-order chi connectivity index (χ1) is 14.9. The van der Waals surface area contributed by atoms with Crippen molar-refractivity contribution in [1.29, 1.82) is 0 Å². The van der Waals surface area contributed by atoms with Gasteiger partial charge in [-0.3, -0.25) is 4.68 Å². The highest BCUT2D eigenvalue weighted by Crippen LogP contribution is 2.36. The molecule has 0 saturated heterocycles. The van der Waals surface area contributed by atoms with Gasteiger partial charge in [0.15, 0.2) is 0 Å². The highest BCUT2D eigenvalue weighted by atomic mass is 16.5. The third-order valence-corrected chi connectivity index (χ3v) is 4.75. The Kier molecular flexibility index (Phi) is 7.34. The van der Waals surface area contributed by atoms with Crippen LogP contribution in [-0.4, -0.2) is 34.1 Å². The van der Waals surface area contributed by atoms with Gasteiger partial charge in [0.2, 0.25) is 0 Å². The molecule has 0 aliphatic heterocycles. The van der Waals surface area contributed by atoms with E-state index in [1.807, 2.05) is 48.9 Å².